The molecule has 96 valence electrons. The summed E-state index contributed by atoms with van der Waals surface area (Å²) in [7, 11) is 1.67. The number of anilines is 1. The lowest BCUT2D eigenvalue weighted by atomic mass is 10.1. The quantitative estimate of drug-likeness (QED) is 0.877. The Morgan fingerprint density at radius 2 is 1.89 bits per heavy atom. The molecule has 3 nitrogen and oxygen atoms in total. The van der Waals surface area contributed by atoms with Crippen LogP contribution in [-0.2, 0) is 0 Å². The van der Waals surface area contributed by atoms with Gasteiger partial charge in [-0.05, 0) is 56.0 Å². The molecule has 0 spiro atoms. The average molecular weight is 262 g/mol. The molecule has 0 saturated carbocycles. The van der Waals surface area contributed by atoms with Gasteiger partial charge in [-0.2, -0.15) is 0 Å². The molecule has 0 saturated heterocycles. The van der Waals surface area contributed by atoms with E-state index in [-0.39, 0.29) is 5.54 Å². The van der Waals surface area contributed by atoms with Crippen molar-refractivity contribution in [2.75, 3.05) is 12.4 Å². The van der Waals surface area contributed by atoms with E-state index in [9.17, 15) is 0 Å². The Bertz CT molecular complexity index is 489. The van der Waals surface area contributed by atoms with E-state index in [4.69, 9.17) is 4.74 Å². The standard InChI is InChI=1S/C14H18N2OS/c1-10-9-14(2,3)16-13(18-10)15-11-5-7-12(17-4)8-6-11/h5-9H,1-4H3,(H,15,16). The van der Waals surface area contributed by atoms with E-state index in [1.54, 1.807) is 18.9 Å². The third kappa shape index (κ3) is 3.29. The van der Waals surface area contributed by atoms with Crippen molar-refractivity contribution in [3.63, 3.8) is 0 Å². The molecule has 0 unspecified atom stereocenters. The van der Waals surface area contributed by atoms with Crippen LogP contribution in [-0.4, -0.2) is 17.8 Å². The highest BCUT2D eigenvalue weighted by atomic mass is 32.2. The molecule has 0 fully saturated rings. The minimum absolute atomic E-state index is 0.135. The van der Waals surface area contributed by atoms with E-state index < -0.39 is 0 Å². The predicted octanol–water partition coefficient (Wildman–Crippen LogP) is 3.89. The molecule has 18 heavy (non-hydrogen) atoms. The predicted molar refractivity (Wildman–Crippen MR) is 79.5 cm³/mol. The maximum atomic E-state index is 5.14. The Kier molecular flexibility index (Phi) is 3.66. The first-order valence-electron chi connectivity index (χ1n) is 5.87. The highest BCUT2D eigenvalue weighted by Crippen LogP contribution is 2.30. The molecule has 0 bridgehead atoms. The molecule has 0 amide bonds. The van der Waals surface area contributed by atoms with Crippen molar-refractivity contribution in [2.45, 2.75) is 26.3 Å². The molecule has 0 atom stereocenters. The Hall–Kier alpha value is -1.42. The topological polar surface area (TPSA) is 33.6 Å². The van der Waals surface area contributed by atoms with Crippen LogP contribution in [0.15, 0.2) is 40.2 Å². The average Bonchev–Trinajstić information content (AvgIpc) is 2.27. The molecule has 1 heterocycles. The van der Waals surface area contributed by atoms with Gasteiger partial charge in [0.1, 0.15) is 5.75 Å². The van der Waals surface area contributed by atoms with Gasteiger partial charge in [-0.15, -0.1) is 0 Å². The van der Waals surface area contributed by atoms with E-state index in [0.29, 0.717) is 0 Å². The number of hydrogen-bond acceptors (Lipinski definition) is 4. The van der Waals surface area contributed by atoms with Gasteiger partial charge >= 0.3 is 0 Å². The lowest BCUT2D eigenvalue weighted by molar-refractivity contribution is 0.415. The second kappa shape index (κ2) is 5.06. The second-order valence-corrected chi connectivity index (χ2v) is 6.02. The highest BCUT2D eigenvalue weighted by Gasteiger charge is 2.20. The largest absolute Gasteiger partial charge is 0.497 e. The molecule has 0 aliphatic carbocycles. The molecule has 2 rings (SSSR count). The SMILES string of the molecule is COc1ccc(NC2=NC(C)(C)C=C(C)S2)cc1. The number of aliphatic imine (C=N–C) groups is 1. The van der Waals surface area contributed by atoms with E-state index >= 15 is 0 Å². The first-order chi connectivity index (χ1) is 8.48. The Labute approximate surface area is 112 Å². The summed E-state index contributed by atoms with van der Waals surface area (Å²) in [5.74, 6) is 0.857. The van der Waals surface area contributed by atoms with Crippen LogP contribution in [0.4, 0.5) is 5.69 Å². The van der Waals surface area contributed by atoms with Gasteiger partial charge < -0.3 is 10.1 Å². The van der Waals surface area contributed by atoms with Crippen LogP contribution in [0, 0.1) is 0 Å². The molecule has 4 heteroatoms. The number of methoxy groups -OCH3 is 1. The molecule has 1 aromatic carbocycles. The van der Waals surface area contributed by atoms with Crippen molar-refractivity contribution >= 4 is 22.6 Å². The number of rotatable bonds is 2. The third-order valence-corrected chi connectivity index (χ3v) is 3.37. The minimum Gasteiger partial charge on any atom is -0.497 e. The van der Waals surface area contributed by atoms with Crippen LogP contribution in [0.3, 0.4) is 0 Å². The van der Waals surface area contributed by atoms with Gasteiger partial charge in [-0.1, -0.05) is 11.8 Å². The number of amidine groups is 1. The fourth-order valence-electron chi connectivity index (χ4n) is 1.85. The monoisotopic (exact) mass is 262 g/mol. The van der Waals surface area contributed by atoms with Crippen LogP contribution in [0.2, 0.25) is 0 Å². The summed E-state index contributed by atoms with van der Waals surface area (Å²) < 4.78 is 5.14. The smallest absolute Gasteiger partial charge is 0.166 e. The summed E-state index contributed by atoms with van der Waals surface area (Å²) in [5, 5.41) is 4.27. The van der Waals surface area contributed by atoms with Gasteiger partial charge in [-0.3, -0.25) is 4.99 Å². The van der Waals surface area contributed by atoms with Crippen LogP contribution in [0.5, 0.6) is 5.75 Å². The van der Waals surface area contributed by atoms with Crippen LogP contribution in [0.1, 0.15) is 20.8 Å². The number of thioether (sulfide) groups is 1. The fraction of sp³-hybridized carbons (Fsp3) is 0.357. The number of nitrogens with zero attached hydrogens (tertiary/aromatic N) is 1. The summed E-state index contributed by atoms with van der Waals surface area (Å²) in [5.41, 5.74) is 0.886. The lowest BCUT2D eigenvalue weighted by Crippen LogP contribution is -2.22. The van der Waals surface area contributed by atoms with Crippen molar-refractivity contribution in [1.82, 2.24) is 0 Å². The van der Waals surface area contributed by atoms with E-state index in [0.717, 1.165) is 16.6 Å². The summed E-state index contributed by atoms with van der Waals surface area (Å²) >= 11 is 1.66. The van der Waals surface area contributed by atoms with Crippen LogP contribution in [0.25, 0.3) is 0 Å². The molecule has 1 aliphatic rings. The van der Waals surface area contributed by atoms with Gasteiger partial charge in [0.25, 0.3) is 0 Å². The van der Waals surface area contributed by atoms with E-state index in [1.807, 2.05) is 24.3 Å². The zero-order valence-corrected chi connectivity index (χ0v) is 12.0. The summed E-state index contributed by atoms with van der Waals surface area (Å²) in [6.07, 6.45) is 2.18. The number of ether oxygens (including phenoxy) is 1. The van der Waals surface area contributed by atoms with Gasteiger partial charge in [0.2, 0.25) is 0 Å². The molecule has 1 aliphatic heterocycles. The molecule has 0 radical (unpaired) electrons. The summed E-state index contributed by atoms with van der Waals surface area (Å²) in [4.78, 5) is 5.93. The third-order valence-electron chi connectivity index (χ3n) is 2.55. The molecule has 1 N–H and O–H groups in total. The zero-order valence-electron chi connectivity index (χ0n) is 11.2. The van der Waals surface area contributed by atoms with Gasteiger partial charge in [0.15, 0.2) is 5.17 Å². The van der Waals surface area contributed by atoms with Crippen molar-refractivity contribution in [3.8, 4) is 5.75 Å². The summed E-state index contributed by atoms with van der Waals surface area (Å²) in [6, 6.07) is 7.85. The maximum absolute atomic E-state index is 5.14. The van der Waals surface area contributed by atoms with Crippen molar-refractivity contribution in [3.05, 3.63) is 35.2 Å². The molecule has 1 aromatic rings. The highest BCUT2D eigenvalue weighted by molar-refractivity contribution is 8.17. The number of allylic oxidation sites excluding steroid dienone is 1. The zero-order chi connectivity index (χ0) is 13.2. The Morgan fingerprint density at radius 3 is 2.44 bits per heavy atom. The van der Waals surface area contributed by atoms with Gasteiger partial charge in [0.05, 0.1) is 12.6 Å². The fourth-order valence-corrected chi connectivity index (χ4v) is 2.95. The van der Waals surface area contributed by atoms with E-state index in [1.165, 1.54) is 4.91 Å². The van der Waals surface area contributed by atoms with Crippen molar-refractivity contribution in [1.29, 1.82) is 0 Å². The lowest BCUT2D eigenvalue weighted by Gasteiger charge is -2.24. The van der Waals surface area contributed by atoms with Crippen molar-refractivity contribution in [2.24, 2.45) is 4.99 Å². The van der Waals surface area contributed by atoms with E-state index in [2.05, 4.69) is 37.2 Å². The number of benzene rings is 1. The first-order valence-corrected chi connectivity index (χ1v) is 6.68. The number of hydrogen-bond donors (Lipinski definition) is 1. The Morgan fingerprint density at radius 1 is 1.22 bits per heavy atom. The minimum atomic E-state index is -0.135. The molecular weight excluding hydrogens is 244 g/mol. The van der Waals surface area contributed by atoms with Crippen molar-refractivity contribution < 1.29 is 4.74 Å². The number of nitrogens with one attached hydrogen (secondary N) is 1. The second-order valence-electron chi connectivity index (χ2n) is 4.78. The molecule has 0 aromatic heterocycles. The summed E-state index contributed by atoms with van der Waals surface area (Å²) in [6.45, 7) is 6.31. The first kappa shape index (κ1) is 13.0. The van der Waals surface area contributed by atoms with Crippen LogP contribution >= 0.6 is 11.8 Å². The van der Waals surface area contributed by atoms with Crippen LogP contribution < -0.4 is 10.1 Å². The normalized spacial score (nSPS) is 17.8. The Balaban J connectivity index is 2.12. The maximum Gasteiger partial charge on any atom is 0.166 e. The van der Waals surface area contributed by atoms with Gasteiger partial charge in [0, 0.05) is 5.69 Å². The van der Waals surface area contributed by atoms with Gasteiger partial charge in [-0.25, -0.2) is 0 Å². The molecular formula is C14H18N2OS.